The van der Waals surface area contributed by atoms with E-state index in [1.807, 2.05) is 18.9 Å². The van der Waals surface area contributed by atoms with Crippen molar-refractivity contribution in [3.8, 4) is 0 Å². The summed E-state index contributed by atoms with van der Waals surface area (Å²) in [7, 11) is -1.35. The SMILES string of the molecule is CCCS(=O)(=O)N1CCCCC1C(=O)N1CCC(CCNC)CC1. The maximum absolute atomic E-state index is 12.9. The molecule has 7 heteroatoms. The molecule has 0 aromatic heterocycles. The minimum atomic E-state index is -3.31. The number of amides is 1. The summed E-state index contributed by atoms with van der Waals surface area (Å²) in [6.07, 6.45) is 6.27. The zero-order valence-electron chi connectivity index (χ0n) is 15.2. The Kier molecular flexibility index (Phi) is 7.50. The maximum atomic E-state index is 12.9. The first kappa shape index (κ1) is 19.7. The number of nitrogens with zero attached hydrogens (tertiary/aromatic N) is 2. The van der Waals surface area contributed by atoms with Crippen molar-refractivity contribution in [3.05, 3.63) is 0 Å². The fourth-order valence-electron chi connectivity index (χ4n) is 3.86. The Balaban J connectivity index is 1.97. The Morgan fingerprint density at radius 1 is 1.12 bits per heavy atom. The van der Waals surface area contributed by atoms with E-state index < -0.39 is 16.1 Å². The first-order valence-corrected chi connectivity index (χ1v) is 11.0. The topological polar surface area (TPSA) is 69.7 Å². The van der Waals surface area contributed by atoms with Crippen molar-refractivity contribution in [2.45, 2.75) is 57.9 Å². The second-order valence-electron chi connectivity index (χ2n) is 7.10. The molecule has 6 nitrogen and oxygen atoms in total. The van der Waals surface area contributed by atoms with E-state index in [9.17, 15) is 13.2 Å². The van der Waals surface area contributed by atoms with E-state index in [2.05, 4.69) is 5.32 Å². The number of hydrogen-bond donors (Lipinski definition) is 1. The molecule has 0 radical (unpaired) electrons. The number of sulfonamides is 1. The van der Waals surface area contributed by atoms with Crippen LogP contribution in [0.3, 0.4) is 0 Å². The third-order valence-corrected chi connectivity index (χ3v) is 7.36. The number of piperidine rings is 2. The molecule has 0 spiro atoms. The second kappa shape index (κ2) is 9.15. The van der Waals surface area contributed by atoms with Crippen molar-refractivity contribution in [2.24, 2.45) is 5.92 Å². The molecule has 2 fully saturated rings. The van der Waals surface area contributed by atoms with Gasteiger partial charge in [-0.15, -0.1) is 0 Å². The molecule has 1 atom stereocenters. The highest BCUT2D eigenvalue weighted by Gasteiger charge is 2.38. The predicted octanol–water partition coefficient (Wildman–Crippen LogP) is 1.43. The first-order valence-electron chi connectivity index (χ1n) is 9.42. The van der Waals surface area contributed by atoms with E-state index in [4.69, 9.17) is 0 Å². The second-order valence-corrected chi connectivity index (χ2v) is 9.14. The zero-order chi connectivity index (χ0) is 17.6. The van der Waals surface area contributed by atoms with Crippen LogP contribution in [0.4, 0.5) is 0 Å². The molecule has 0 aromatic carbocycles. The average Bonchev–Trinajstić information content (AvgIpc) is 2.60. The van der Waals surface area contributed by atoms with Crippen molar-refractivity contribution in [2.75, 3.05) is 39.0 Å². The molecule has 0 aromatic rings. The highest BCUT2D eigenvalue weighted by molar-refractivity contribution is 7.89. The molecule has 2 heterocycles. The monoisotopic (exact) mass is 359 g/mol. The van der Waals surface area contributed by atoms with Crippen LogP contribution in [0, 0.1) is 5.92 Å². The lowest BCUT2D eigenvalue weighted by atomic mass is 9.92. The molecule has 1 unspecified atom stereocenters. The fourth-order valence-corrected chi connectivity index (χ4v) is 5.60. The molecular weight excluding hydrogens is 326 g/mol. The number of carbonyl (C=O) groups is 1. The first-order chi connectivity index (χ1) is 11.5. The summed E-state index contributed by atoms with van der Waals surface area (Å²) >= 11 is 0. The van der Waals surface area contributed by atoms with Gasteiger partial charge in [0.1, 0.15) is 6.04 Å². The molecule has 0 aliphatic carbocycles. The zero-order valence-corrected chi connectivity index (χ0v) is 16.0. The van der Waals surface area contributed by atoms with Crippen molar-refractivity contribution in [1.29, 1.82) is 0 Å². The molecule has 0 saturated carbocycles. The maximum Gasteiger partial charge on any atom is 0.241 e. The summed E-state index contributed by atoms with van der Waals surface area (Å²) in [6.45, 7) is 4.92. The number of likely N-dealkylation sites (tertiary alicyclic amines) is 1. The molecule has 24 heavy (non-hydrogen) atoms. The highest BCUT2D eigenvalue weighted by Crippen LogP contribution is 2.26. The van der Waals surface area contributed by atoms with Crippen LogP contribution in [0.25, 0.3) is 0 Å². The third kappa shape index (κ3) is 4.92. The van der Waals surface area contributed by atoms with Crippen LogP contribution in [-0.4, -0.2) is 68.6 Å². The molecule has 140 valence electrons. The van der Waals surface area contributed by atoms with E-state index in [0.717, 1.165) is 51.7 Å². The summed E-state index contributed by atoms with van der Waals surface area (Å²) < 4.78 is 26.5. The Labute approximate surface area is 147 Å². The number of carbonyl (C=O) groups excluding carboxylic acids is 1. The molecular formula is C17H33N3O3S. The van der Waals surface area contributed by atoms with E-state index in [1.54, 1.807) is 0 Å². The van der Waals surface area contributed by atoms with Gasteiger partial charge in [-0.05, 0) is 58.0 Å². The van der Waals surface area contributed by atoms with Gasteiger partial charge in [-0.1, -0.05) is 13.3 Å². The molecule has 0 bridgehead atoms. The fraction of sp³-hybridized carbons (Fsp3) is 0.941. The summed E-state index contributed by atoms with van der Waals surface area (Å²) in [4.78, 5) is 14.8. The van der Waals surface area contributed by atoms with Crippen molar-refractivity contribution in [1.82, 2.24) is 14.5 Å². The molecule has 1 amide bonds. The number of rotatable bonds is 7. The van der Waals surface area contributed by atoms with Crippen molar-refractivity contribution < 1.29 is 13.2 Å². The van der Waals surface area contributed by atoms with E-state index in [0.29, 0.717) is 25.3 Å². The average molecular weight is 360 g/mol. The van der Waals surface area contributed by atoms with Gasteiger partial charge in [-0.25, -0.2) is 8.42 Å². The Morgan fingerprint density at radius 3 is 2.46 bits per heavy atom. The van der Waals surface area contributed by atoms with Crippen LogP contribution in [0.2, 0.25) is 0 Å². The van der Waals surface area contributed by atoms with Gasteiger partial charge < -0.3 is 10.2 Å². The number of hydrogen-bond acceptors (Lipinski definition) is 4. The minimum Gasteiger partial charge on any atom is -0.341 e. The molecule has 1 N–H and O–H groups in total. The van der Waals surface area contributed by atoms with Crippen LogP contribution in [0.5, 0.6) is 0 Å². The summed E-state index contributed by atoms with van der Waals surface area (Å²) in [5.41, 5.74) is 0. The summed E-state index contributed by atoms with van der Waals surface area (Å²) in [6, 6.07) is -0.468. The summed E-state index contributed by atoms with van der Waals surface area (Å²) in [5, 5.41) is 3.18. The van der Waals surface area contributed by atoms with Gasteiger partial charge in [0, 0.05) is 19.6 Å². The van der Waals surface area contributed by atoms with Crippen LogP contribution in [0.15, 0.2) is 0 Å². The van der Waals surface area contributed by atoms with Gasteiger partial charge in [-0.3, -0.25) is 4.79 Å². The van der Waals surface area contributed by atoms with Gasteiger partial charge in [0.05, 0.1) is 5.75 Å². The predicted molar refractivity (Wildman–Crippen MR) is 96.3 cm³/mol. The van der Waals surface area contributed by atoms with Crippen molar-refractivity contribution >= 4 is 15.9 Å². The van der Waals surface area contributed by atoms with Gasteiger partial charge in [0.15, 0.2) is 0 Å². The minimum absolute atomic E-state index is 0.0291. The van der Waals surface area contributed by atoms with Gasteiger partial charge in [-0.2, -0.15) is 4.31 Å². The van der Waals surface area contributed by atoms with Crippen molar-refractivity contribution in [3.63, 3.8) is 0 Å². The number of nitrogens with one attached hydrogen (secondary N) is 1. The normalized spacial score (nSPS) is 24.2. The smallest absolute Gasteiger partial charge is 0.241 e. The lowest BCUT2D eigenvalue weighted by Crippen LogP contribution is -2.54. The van der Waals surface area contributed by atoms with Gasteiger partial charge in [0.2, 0.25) is 15.9 Å². The van der Waals surface area contributed by atoms with E-state index in [1.165, 1.54) is 4.31 Å². The molecule has 2 aliphatic rings. The quantitative estimate of drug-likeness (QED) is 0.746. The Hall–Kier alpha value is -0.660. The van der Waals surface area contributed by atoms with E-state index in [-0.39, 0.29) is 11.7 Å². The Morgan fingerprint density at radius 2 is 1.83 bits per heavy atom. The van der Waals surface area contributed by atoms with Crippen LogP contribution in [-0.2, 0) is 14.8 Å². The van der Waals surface area contributed by atoms with Gasteiger partial charge >= 0.3 is 0 Å². The largest absolute Gasteiger partial charge is 0.341 e. The Bertz CT molecular complexity index is 501. The lowest BCUT2D eigenvalue weighted by Gasteiger charge is -2.39. The third-order valence-electron chi connectivity index (χ3n) is 5.29. The van der Waals surface area contributed by atoms with E-state index >= 15 is 0 Å². The van der Waals surface area contributed by atoms with Crippen LogP contribution >= 0.6 is 0 Å². The molecule has 2 rings (SSSR count). The highest BCUT2D eigenvalue weighted by atomic mass is 32.2. The summed E-state index contributed by atoms with van der Waals surface area (Å²) in [5.74, 6) is 0.845. The van der Waals surface area contributed by atoms with Crippen LogP contribution in [0.1, 0.15) is 51.9 Å². The van der Waals surface area contributed by atoms with Crippen LogP contribution < -0.4 is 5.32 Å². The molecule has 2 aliphatic heterocycles. The standard InChI is InChI=1S/C17H33N3O3S/c1-3-14-24(22,23)20-11-5-4-6-16(20)17(21)19-12-8-15(9-13-19)7-10-18-2/h15-16,18H,3-14H2,1-2H3. The lowest BCUT2D eigenvalue weighted by molar-refractivity contribution is -0.137. The van der Waals surface area contributed by atoms with Gasteiger partial charge in [0.25, 0.3) is 0 Å². The molecule has 2 saturated heterocycles.